The molecule has 0 aliphatic heterocycles. The Labute approximate surface area is 116 Å². The minimum absolute atomic E-state index is 0.187. The number of carbonyl (C=O) groups is 1. The summed E-state index contributed by atoms with van der Waals surface area (Å²) in [6.07, 6.45) is 2.18. The fraction of sp³-hybridized carbons (Fsp3) is 0.267. The summed E-state index contributed by atoms with van der Waals surface area (Å²) < 4.78 is 6.16. The summed E-state index contributed by atoms with van der Waals surface area (Å²) in [5, 5.41) is 4.09. The Kier molecular flexibility index (Phi) is 3.98. The first-order valence-electron chi connectivity index (χ1n) is 6.35. The fourth-order valence-electron chi connectivity index (χ4n) is 1.93. The van der Waals surface area contributed by atoms with Crippen LogP contribution < -0.4 is 5.43 Å². The zero-order valence-electron chi connectivity index (χ0n) is 11.7. The molecule has 0 unspecified atom stereocenters. The lowest BCUT2D eigenvalue weighted by Crippen LogP contribution is -2.25. The summed E-state index contributed by atoms with van der Waals surface area (Å²) in [7, 11) is 1.24. The highest BCUT2D eigenvalue weighted by Crippen LogP contribution is 2.09. The first-order chi connectivity index (χ1) is 9.56. The van der Waals surface area contributed by atoms with E-state index in [9.17, 15) is 9.59 Å². The highest BCUT2D eigenvalue weighted by molar-refractivity contribution is 5.87. The lowest BCUT2D eigenvalue weighted by atomic mass is 10.2. The Morgan fingerprint density at radius 2 is 2.15 bits per heavy atom. The summed E-state index contributed by atoms with van der Waals surface area (Å²) in [4.78, 5) is 23.7. The van der Waals surface area contributed by atoms with Crippen molar-refractivity contribution in [3.05, 3.63) is 57.5 Å². The molecule has 1 aromatic carbocycles. The predicted molar refractivity (Wildman–Crippen MR) is 75.3 cm³/mol. The van der Waals surface area contributed by atoms with E-state index in [1.54, 1.807) is 10.9 Å². The summed E-state index contributed by atoms with van der Waals surface area (Å²) in [5.74, 6) is -0.716. The zero-order chi connectivity index (χ0) is 14.7. The number of hydrogen-bond acceptors (Lipinski definition) is 4. The van der Waals surface area contributed by atoms with Gasteiger partial charge in [0.05, 0.1) is 12.8 Å². The number of aryl methyl sites for hydroxylation is 2. The average molecular weight is 272 g/mol. The molecule has 0 amide bonds. The van der Waals surface area contributed by atoms with Crippen LogP contribution in [0.3, 0.4) is 0 Å². The number of esters is 1. The second kappa shape index (κ2) is 5.69. The number of aromatic nitrogens is 2. The first kappa shape index (κ1) is 14.0. The minimum atomic E-state index is -0.716. The third-order valence-electron chi connectivity index (χ3n) is 3.02. The maximum atomic E-state index is 12.1. The molecule has 0 atom stereocenters. The van der Waals surface area contributed by atoms with Gasteiger partial charge in [-0.15, -0.1) is 0 Å². The molecule has 5 nitrogen and oxygen atoms in total. The van der Waals surface area contributed by atoms with Gasteiger partial charge in [0.15, 0.2) is 0 Å². The summed E-state index contributed by atoms with van der Waals surface area (Å²) >= 11 is 0. The lowest BCUT2D eigenvalue weighted by Gasteiger charge is -2.09. The van der Waals surface area contributed by atoms with Crippen LogP contribution in [0.1, 0.15) is 28.5 Å². The van der Waals surface area contributed by atoms with Crippen LogP contribution in [0.4, 0.5) is 0 Å². The second-order valence-corrected chi connectivity index (χ2v) is 4.46. The van der Waals surface area contributed by atoms with Gasteiger partial charge in [0, 0.05) is 11.8 Å². The molecule has 1 aromatic heterocycles. The Morgan fingerprint density at radius 3 is 2.75 bits per heavy atom. The van der Waals surface area contributed by atoms with Gasteiger partial charge in [-0.3, -0.25) is 4.79 Å². The molecule has 0 N–H and O–H groups in total. The Morgan fingerprint density at radius 1 is 1.40 bits per heavy atom. The fourth-order valence-corrected chi connectivity index (χ4v) is 1.93. The molecule has 0 aliphatic carbocycles. The van der Waals surface area contributed by atoms with Gasteiger partial charge < -0.3 is 4.74 Å². The summed E-state index contributed by atoms with van der Waals surface area (Å²) in [6.45, 7) is 3.83. The van der Waals surface area contributed by atoms with Crippen LogP contribution in [0.25, 0.3) is 5.69 Å². The van der Waals surface area contributed by atoms with E-state index in [1.165, 1.54) is 7.11 Å². The molecule has 0 bridgehead atoms. The van der Waals surface area contributed by atoms with Gasteiger partial charge in [-0.2, -0.15) is 5.10 Å². The third-order valence-corrected chi connectivity index (χ3v) is 3.02. The lowest BCUT2D eigenvalue weighted by molar-refractivity contribution is 0.0590. The van der Waals surface area contributed by atoms with Crippen molar-refractivity contribution in [1.82, 2.24) is 9.78 Å². The number of rotatable bonds is 3. The molecule has 0 fully saturated rings. The molecule has 20 heavy (non-hydrogen) atoms. The molecule has 104 valence electrons. The maximum Gasteiger partial charge on any atom is 0.362 e. The van der Waals surface area contributed by atoms with E-state index in [-0.39, 0.29) is 11.1 Å². The van der Waals surface area contributed by atoms with Gasteiger partial charge in [0.25, 0.3) is 0 Å². The Hall–Kier alpha value is -2.43. The molecular formula is C15H16N2O3. The predicted octanol–water partition coefficient (Wildman–Crippen LogP) is 1.89. The average Bonchev–Trinajstić information content (AvgIpc) is 2.46. The molecule has 0 saturated heterocycles. The summed E-state index contributed by atoms with van der Waals surface area (Å²) in [5.41, 5.74) is 1.84. The highest BCUT2D eigenvalue weighted by atomic mass is 16.5. The van der Waals surface area contributed by atoms with E-state index in [4.69, 9.17) is 0 Å². The Balaban J connectivity index is 2.66. The Bertz CT molecular complexity index is 705. The largest absolute Gasteiger partial charge is 0.464 e. The van der Waals surface area contributed by atoms with Gasteiger partial charge in [-0.25, -0.2) is 9.48 Å². The number of benzene rings is 1. The van der Waals surface area contributed by atoms with E-state index in [2.05, 4.69) is 9.84 Å². The SMILES string of the molecule is CCc1cn(-c2cccc(C)c2)nc(C(=O)OC)c1=O. The quantitative estimate of drug-likeness (QED) is 0.800. The molecule has 0 spiro atoms. The maximum absolute atomic E-state index is 12.1. The van der Waals surface area contributed by atoms with Crippen molar-refractivity contribution in [2.75, 3.05) is 7.11 Å². The monoisotopic (exact) mass is 272 g/mol. The van der Waals surface area contributed by atoms with E-state index in [0.29, 0.717) is 12.0 Å². The molecular weight excluding hydrogens is 256 g/mol. The zero-order valence-corrected chi connectivity index (χ0v) is 11.7. The molecule has 1 heterocycles. The van der Waals surface area contributed by atoms with Crippen molar-refractivity contribution < 1.29 is 9.53 Å². The molecule has 0 aliphatic rings. The first-order valence-corrected chi connectivity index (χ1v) is 6.35. The van der Waals surface area contributed by atoms with Crippen LogP contribution in [-0.2, 0) is 11.2 Å². The van der Waals surface area contributed by atoms with Crippen molar-refractivity contribution in [3.8, 4) is 5.69 Å². The van der Waals surface area contributed by atoms with Crippen LogP contribution in [-0.4, -0.2) is 22.9 Å². The van der Waals surface area contributed by atoms with Gasteiger partial charge in [-0.1, -0.05) is 19.1 Å². The van der Waals surface area contributed by atoms with E-state index in [0.717, 1.165) is 11.3 Å². The van der Waals surface area contributed by atoms with E-state index < -0.39 is 5.97 Å². The van der Waals surface area contributed by atoms with Crippen LogP contribution in [0.5, 0.6) is 0 Å². The van der Waals surface area contributed by atoms with Crippen LogP contribution >= 0.6 is 0 Å². The normalized spacial score (nSPS) is 10.3. The number of carbonyl (C=O) groups excluding carboxylic acids is 1. The van der Waals surface area contributed by atoms with Crippen molar-refractivity contribution >= 4 is 5.97 Å². The highest BCUT2D eigenvalue weighted by Gasteiger charge is 2.17. The van der Waals surface area contributed by atoms with Gasteiger partial charge in [0.2, 0.25) is 11.1 Å². The number of methoxy groups -OCH3 is 1. The summed E-state index contributed by atoms with van der Waals surface area (Å²) in [6, 6.07) is 7.66. The third kappa shape index (κ3) is 2.61. The molecule has 5 heteroatoms. The second-order valence-electron chi connectivity index (χ2n) is 4.46. The molecule has 0 saturated carbocycles. The standard InChI is InChI=1S/C15H16N2O3/c1-4-11-9-17(12-7-5-6-10(2)8-12)16-13(14(11)18)15(19)20-3/h5-9H,4H2,1-3H3. The van der Waals surface area contributed by atoms with Gasteiger partial charge in [0.1, 0.15) is 0 Å². The van der Waals surface area contributed by atoms with Gasteiger partial charge in [-0.05, 0) is 31.0 Å². The molecule has 2 rings (SSSR count). The number of ether oxygens (including phenoxy) is 1. The topological polar surface area (TPSA) is 61.2 Å². The number of hydrogen-bond donors (Lipinski definition) is 0. The van der Waals surface area contributed by atoms with Crippen molar-refractivity contribution in [2.24, 2.45) is 0 Å². The van der Waals surface area contributed by atoms with Crippen molar-refractivity contribution in [3.63, 3.8) is 0 Å². The number of nitrogens with zero attached hydrogens (tertiary/aromatic N) is 2. The van der Waals surface area contributed by atoms with Crippen LogP contribution in [0, 0.1) is 6.92 Å². The van der Waals surface area contributed by atoms with Crippen LogP contribution in [0.2, 0.25) is 0 Å². The van der Waals surface area contributed by atoms with Gasteiger partial charge >= 0.3 is 5.97 Å². The van der Waals surface area contributed by atoms with E-state index in [1.807, 2.05) is 38.1 Å². The molecule has 0 radical (unpaired) electrons. The minimum Gasteiger partial charge on any atom is -0.464 e. The van der Waals surface area contributed by atoms with Crippen molar-refractivity contribution in [1.29, 1.82) is 0 Å². The smallest absolute Gasteiger partial charge is 0.362 e. The molecule has 2 aromatic rings. The van der Waals surface area contributed by atoms with Crippen LogP contribution in [0.15, 0.2) is 35.3 Å². The van der Waals surface area contributed by atoms with E-state index >= 15 is 0 Å². The van der Waals surface area contributed by atoms with Crippen molar-refractivity contribution in [2.45, 2.75) is 20.3 Å².